The summed E-state index contributed by atoms with van der Waals surface area (Å²) in [6.07, 6.45) is 3.92. The molecule has 0 saturated carbocycles. The topological polar surface area (TPSA) is 24.5 Å². The molecule has 132 valence electrons. The molecule has 1 aromatic rings. The molecule has 0 spiro atoms. The number of rotatable bonds is 7. The zero-order chi connectivity index (χ0) is 15.9. The minimum Gasteiger partial charge on any atom is -0.494 e. The van der Waals surface area contributed by atoms with Crippen molar-refractivity contribution >= 4 is 12.4 Å². The number of ether oxygens (including phenoxy) is 1. The van der Waals surface area contributed by atoms with Crippen LogP contribution in [0.2, 0.25) is 0 Å². The number of halogens is 3. The van der Waals surface area contributed by atoms with E-state index in [4.69, 9.17) is 4.74 Å². The molecule has 0 bridgehead atoms. The van der Waals surface area contributed by atoms with Crippen LogP contribution in [0.5, 0.6) is 5.75 Å². The van der Waals surface area contributed by atoms with Crippen molar-refractivity contribution in [3.8, 4) is 5.75 Å². The highest BCUT2D eigenvalue weighted by Gasteiger charge is 2.28. The number of hydrogen-bond acceptors (Lipinski definition) is 3. The molecule has 1 saturated heterocycles. The van der Waals surface area contributed by atoms with Crippen molar-refractivity contribution in [2.75, 3.05) is 33.3 Å². The molecule has 1 aliphatic heterocycles. The van der Waals surface area contributed by atoms with Crippen molar-refractivity contribution in [3.05, 3.63) is 29.3 Å². The Morgan fingerprint density at radius 2 is 1.91 bits per heavy atom. The molecule has 1 atom stereocenters. The molecule has 1 aliphatic rings. The van der Waals surface area contributed by atoms with E-state index in [2.05, 4.69) is 17.1 Å². The van der Waals surface area contributed by atoms with Crippen molar-refractivity contribution in [1.29, 1.82) is 0 Å². The molecule has 0 radical (unpaired) electrons. The average Bonchev–Trinajstić information content (AvgIpc) is 2.54. The molecule has 1 N–H and O–H groups in total. The van der Waals surface area contributed by atoms with Gasteiger partial charge in [-0.25, -0.2) is 8.78 Å². The minimum absolute atomic E-state index is 0. The van der Waals surface area contributed by atoms with E-state index in [0.717, 1.165) is 51.9 Å². The molecule has 1 aromatic carbocycles. The second-order valence-electron chi connectivity index (χ2n) is 5.77. The molecule has 1 heterocycles. The molecule has 23 heavy (non-hydrogen) atoms. The Hall–Kier alpha value is -0.910. The Morgan fingerprint density at radius 3 is 2.52 bits per heavy atom. The van der Waals surface area contributed by atoms with E-state index in [-0.39, 0.29) is 29.8 Å². The van der Waals surface area contributed by atoms with Crippen molar-refractivity contribution in [1.82, 2.24) is 10.2 Å². The highest BCUT2D eigenvalue weighted by Crippen LogP contribution is 2.34. The lowest BCUT2D eigenvalue weighted by molar-refractivity contribution is 0.155. The number of unbranched alkanes of at least 4 members (excludes halogenated alkanes) is 2. The van der Waals surface area contributed by atoms with E-state index in [1.807, 2.05) is 0 Å². The van der Waals surface area contributed by atoms with Gasteiger partial charge in [-0.2, -0.15) is 0 Å². The van der Waals surface area contributed by atoms with Crippen LogP contribution in [0.3, 0.4) is 0 Å². The Balaban J connectivity index is 0.00000264. The zero-order valence-electron chi connectivity index (χ0n) is 13.9. The summed E-state index contributed by atoms with van der Waals surface area (Å²) in [5.41, 5.74) is 0.164. The predicted octanol–water partition coefficient (Wildman–Crippen LogP) is 3.92. The molecular weight excluding hydrogens is 322 g/mol. The maximum atomic E-state index is 14.6. The van der Waals surface area contributed by atoms with Gasteiger partial charge in [0.2, 0.25) is 0 Å². The summed E-state index contributed by atoms with van der Waals surface area (Å²) < 4.78 is 34.0. The van der Waals surface area contributed by atoms with Crippen molar-refractivity contribution in [2.45, 2.75) is 38.6 Å². The first kappa shape index (κ1) is 20.1. The van der Waals surface area contributed by atoms with Gasteiger partial charge >= 0.3 is 0 Å². The van der Waals surface area contributed by atoms with Crippen molar-refractivity contribution in [3.63, 3.8) is 0 Å². The summed E-state index contributed by atoms with van der Waals surface area (Å²) in [5, 5.41) is 3.29. The Bertz CT molecular complexity index is 482. The van der Waals surface area contributed by atoms with Crippen LogP contribution >= 0.6 is 12.4 Å². The molecule has 0 amide bonds. The normalized spacial score (nSPS) is 16.7. The average molecular weight is 349 g/mol. The highest BCUT2D eigenvalue weighted by molar-refractivity contribution is 5.85. The summed E-state index contributed by atoms with van der Waals surface area (Å²) >= 11 is 0. The van der Waals surface area contributed by atoms with Gasteiger partial charge in [0.1, 0.15) is 5.82 Å². The lowest BCUT2D eigenvalue weighted by Crippen LogP contribution is -2.45. The smallest absolute Gasteiger partial charge is 0.172 e. The summed E-state index contributed by atoms with van der Waals surface area (Å²) in [5.74, 6) is -0.909. The second kappa shape index (κ2) is 10.1. The van der Waals surface area contributed by atoms with E-state index >= 15 is 0 Å². The van der Waals surface area contributed by atoms with Gasteiger partial charge in [0.05, 0.1) is 7.11 Å². The van der Waals surface area contributed by atoms with Gasteiger partial charge < -0.3 is 10.1 Å². The number of methoxy groups -OCH3 is 1. The maximum absolute atomic E-state index is 14.6. The van der Waals surface area contributed by atoms with Crippen LogP contribution in [0.1, 0.15) is 44.2 Å². The van der Waals surface area contributed by atoms with Crippen LogP contribution in [0.15, 0.2) is 12.1 Å². The monoisotopic (exact) mass is 348 g/mol. The molecule has 0 unspecified atom stereocenters. The molecule has 6 heteroatoms. The predicted molar refractivity (Wildman–Crippen MR) is 91.5 cm³/mol. The Morgan fingerprint density at radius 1 is 1.22 bits per heavy atom. The molecule has 3 nitrogen and oxygen atoms in total. The fraction of sp³-hybridized carbons (Fsp3) is 0.647. The summed E-state index contributed by atoms with van der Waals surface area (Å²) in [6, 6.07) is 2.45. The van der Waals surface area contributed by atoms with Crippen molar-refractivity contribution in [2.24, 2.45) is 0 Å². The maximum Gasteiger partial charge on any atom is 0.172 e. The van der Waals surface area contributed by atoms with Gasteiger partial charge in [-0.1, -0.05) is 26.2 Å². The first-order valence-corrected chi connectivity index (χ1v) is 8.15. The summed E-state index contributed by atoms with van der Waals surface area (Å²) in [4.78, 5) is 2.19. The molecular formula is C17H27ClF2N2O. The number of benzene rings is 1. The Kier molecular flexibility index (Phi) is 8.81. The number of hydrogen-bond donors (Lipinski definition) is 1. The first-order valence-electron chi connectivity index (χ1n) is 8.15. The van der Waals surface area contributed by atoms with Gasteiger partial charge in [0, 0.05) is 37.8 Å². The summed E-state index contributed by atoms with van der Waals surface area (Å²) in [6.45, 7) is 5.47. The fourth-order valence-corrected chi connectivity index (χ4v) is 3.10. The number of nitrogens with zero attached hydrogens (tertiary/aromatic N) is 1. The third-order valence-electron chi connectivity index (χ3n) is 4.32. The minimum atomic E-state index is -0.553. The SMILES string of the molecule is CCCCC[C@@H](c1c(F)ccc(OC)c1F)N1CCNCC1.Cl. The number of nitrogens with one attached hydrogen (secondary N) is 1. The van der Waals surface area contributed by atoms with E-state index in [9.17, 15) is 8.78 Å². The lowest BCUT2D eigenvalue weighted by atomic mass is 9.96. The first-order chi connectivity index (χ1) is 10.7. The van der Waals surface area contributed by atoms with Crippen LogP contribution in [-0.2, 0) is 0 Å². The molecule has 2 rings (SSSR count). The van der Waals surface area contributed by atoms with Gasteiger partial charge in [-0.3, -0.25) is 4.90 Å². The number of piperazine rings is 1. The van der Waals surface area contributed by atoms with Crippen molar-refractivity contribution < 1.29 is 13.5 Å². The standard InChI is InChI=1S/C17H26F2N2O.ClH/c1-3-4-5-6-14(21-11-9-20-10-12-21)16-13(18)7-8-15(22-2)17(16)19;/h7-8,14,20H,3-6,9-12H2,1-2H3;1H/t14-;/m0./s1. The molecule has 0 aliphatic carbocycles. The third kappa shape index (κ3) is 5.03. The van der Waals surface area contributed by atoms with Crippen LogP contribution < -0.4 is 10.1 Å². The van der Waals surface area contributed by atoms with E-state index in [0.29, 0.717) is 0 Å². The van der Waals surface area contributed by atoms with E-state index in [1.165, 1.54) is 19.2 Å². The van der Waals surface area contributed by atoms with Crippen LogP contribution in [0.25, 0.3) is 0 Å². The Labute approximate surface area is 143 Å². The van der Waals surface area contributed by atoms with Crippen LogP contribution in [0, 0.1) is 11.6 Å². The highest BCUT2D eigenvalue weighted by atomic mass is 35.5. The van der Waals surface area contributed by atoms with Gasteiger partial charge in [-0.15, -0.1) is 12.4 Å². The zero-order valence-corrected chi connectivity index (χ0v) is 14.7. The van der Waals surface area contributed by atoms with Gasteiger partial charge in [0.15, 0.2) is 11.6 Å². The lowest BCUT2D eigenvalue weighted by Gasteiger charge is -2.35. The van der Waals surface area contributed by atoms with Crippen LogP contribution in [0.4, 0.5) is 8.78 Å². The quantitative estimate of drug-likeness (QED) is 0.756. The third-order valence-corrected chi connectivity index (χ3v) is 4.32. The largest absolute Gasteiger partial charge is 0.494 e. The van der Waals surface area contributed by atoms with E-state index < -0.39 is 11.6 Å². The second-order valence-corrected chi connectivity index (χ2v) is 5.77. The fourth-order valence-electron chi connectivity index (χ4n) is 3.10. The summed E-state index contributed by atoms with van der Waals surface area (Å²) in [7, 11) is 1.41. The molecule has 1 fully saturated rings. The van der Waals surface area contributed by atoms with Crippen LogP contribution in [-0.4, -0.2) is 38.2 Å². The molecule has 0 aromatic heterocycles. The van der Waals surface area contributed by atoms with Gasteiger partial charge in [0.25, 0.3) is 0 Å². The van der Waals surface area contributed by atoms with E-state index in [1.54, 1.807) is 0 Å². The van der Waals surface area contributed by atoms with Gasteiger partial charge in [-0.05, 0) is 18.6 Å².